The van der Waals surface area contributed by atoms with E-state index in [2.05, 4.69) is 15.4 Å². The second-order valence-electron chi connectivity index (χ2n) is 4.03. The van der Waals surface area contributed by atoms with E-state index in [0.717, 1.165) is 21.1 Å². The van der Waals surface area contributed by atoms with Gasteiger partial charge in [-0.05, 0) is 12.3 Å². The second kappa shape index (κ2) is 6.67. The Morgan fingerprint density at radius 2 is 2.30 bits per heavy atom. The molecule has 0 aliphatic heterocycles. The zero-order chi connectivity index (χ0) is 14.5. The largest absolute Gasteiger partial charge is 0.345 e. The summed E-state index contributed by atoms with van der Waals surface area (Å²) in [4.78, 5) is 27.5. The van der Waals surface area contributed by atoms with Gasteiger partial charge in [-0.15, -0.1) is 11.3 Å². The van der Waals surface area contributed by atoms with Gasteiger partial charge in [-0.25, -0.2) is 9.67 Å². The average molecular weight is 310 g/mol. The van der Waals surface area contributed by atoms with E-state index in [0.29, 0.717) is 6.54 Å². The molecule has 6 nitrogen and oxygen atoms in total. The lowest BCUT2D eigenvalue weighted by atomic mass is 10.3. The monoisotopic (exact) mass is 310 g/mol. The molecule has 0 unspecified atom stereocenters. The maximum atomic E-state index is 11.9. The Labute approximate surface area is 124 Å². The van der Waals surface area contributed by atoms with Gasteiger partial charge >= 0.3 is 0 Å². The first-order valence-electron chi connectivity index (χ1n) is 5.85. The number of carbonyl (C=O) groups excluding carboxylic acids is 1. The molecule has 0 fully saturated rings. The van der Waals surface area contributed by atoms with Gasteiger partial charge in [0.25, 0.3) is 11.5 Å². The molecule has 0 bridgehead atoms. The second-order valence-corrected chi connectivity index (χ2v) is 5.84. The molecule has 0 aliphatic carbocycles. The van der Waals surface area contributed by atoms with Crippen LogP contribution in [-0.4, -0.2) is 26.9 Å². The van der Waals surface area contributed by atoms with Crippen LogP contribution >= 0.6 is 23.1 Å². The molecular weight excluding hydrogens is 296 g/mol. The lowest BCUT2D eigenvalue weighted by molar-refractivity contribution is 0.0943. The van der Waals surface area contributed by atoms with Crippen LogP contribution in [0.3, 0.4) is 0 Å². The number of nitrogens with one attached hydrogen (secondary N) is 1. The summed E-state index contributed by atoms with van der Waals surface area (Å²) in [5.41, 5.74) is 0.798. The van der Waals surface area contributed by atoms with Crippen molar-refractivity contribution >= 4 is 29.0 Å². The number of rotatable bonds is 5. The predicted octanol–water partition coefficient (Wildman–Crippen LogP) is 1.03. The number of thioether (sulfide) groups is 1. The lowest BCUT2D eigenvalue weighted by Crippen LogP contribution is -2.28. The van der Waals surface area contributed by atoms with Gasteiger partial charge in [0.05, 0.1) is 12.2 Å². The van der Waals surface area contributed by atoms with Crippen molar-refractivity contribution in [2.45, 2.75) is 12.3 Å². The van der Waals surface area contributed by atoms with E-state index in [-0.39, 0.29) is 17.2 Å². The summed E-state index contributed by atoms with van der Waals surface area (Å²) < 4.78 is 1.13. The van der Waals surface area contributed by atoms with Gasteiger partial charge in [0.1, 0.15) is 10.7 Å². The number of amides is 1. The molecule has 1 amide bonds. The highest BCUT2D eigenvalue weighted by molar-refractivity contribution is 7.97. The maximum absolute atomic E-state index is 11.9. The van der Waals surface area contributed by atoms with Crippen molar-refractivity contribution in [3.8, 4) is 0 Å². The Bertz CT molecular complexity index is 665. The van der Waals surface area contributed by atoms with Gasteiger partial charge in [-0.2, -0.15) is 16.9 Å². The van der Waals surface area contributed by atoms with E-state index in [1.165, 1.54) is 19.2 Å². The van der Waals surface area contributed by atoms with Crippen molar-refractivity contribution in [3.05, 3.63) is 44.3 Å². The average Bonchev–Trinajstić information content (AvgIpc) is 2.87. The minimum Gasteiger partial charge on any atom is -0.345 e. The van der Waals surface area contributed by atoms with Crippen molar-refractivity contribution in [2.24, 2.45) is 7.05 Å². The fourth-order valence-corrected chi connectivity index (χ4v) is 3.02. The van der Waals surface area contributed by atoms with Crippen LogP contribution in [-0.2, 0) is 19.3 Å². The topological polar surface area (TPSA) is 76.9 Å². The van der Waals surface area contributed by atoms with Crippen LogP contribution in [0.4, 0.5) is 0 Å². The molecule has 8 heteroatoms. The molecule has 0 saturated carbocycles. The molecule has 0 spiro atoms. The van der Waals surface area contributed by atoms with Gasteiger partial charge in [0, 0.05) is 24.2 Å². The zero-order valence-electron chi connectivity index (χ0n) is 11.1. The first-order chi connectivity index (χ1) is 9.60. The zero-order valence-corrected chi connectivity index (χ0v) is 12.8. The molecule has 0 saturated heterocycles. The van der Waals surface area contributed by atoms with Crippen molar-refractivity contribution in [1.29, 1.82) is 0 Å². The minimum absolute atomic E-state index is 0.215. The van der Waals surface area contributed by atoms with E-state index in [4.69, 9.17) is 0 Å². The SMILES string of the molecule is CSCc1nc(CNC(=O)c2ccc(=O)n(C)n2)cs1. The van der Waals surface area contributed by atoms with Gasteiger partial charge in [0.2, 0.25) is 0 Å². The number of aromatic nitrogens is 3. The smallest absolute Gasteiger partial charge is 0.272 e. The van der Waals surface area contributed by atoms with E-state index in [9.17, 15) is 9.59 Å². The molecule has 2 heterocycles. The predicted molar refractivity (Wildman–Crippen MR) is 80.0 cm³/mol. The fourth-order valence-electron chi connectivity index (χ4n) is 1.50. The molecule has 0 aliphatic rings. The first-order valence-corrected chi connectivity index (χ1v) is 8.12. The van der Waals surface area contributed by atoms with E-state index in [1.54, 1.807) is 23.1 Å². The number of nitrogens with zero attached hydrogens (tertiary/aromatic N) is 3. The van der Waals surface area contributed by atoms with Gasteiger partial charge in [-0.1, -0.05) is 0 Å². The molecule has 1 N–H and O–H groups in total. The summed E-state index contributed by atoms with van der Waals surface area (Å²) in [5, 5.41) is 9.60. The van der Waals surface area contributed by atoms with Crippen molar-refractivity contribution in [3.63, 3.8) is 0 Å². The Morgan fingerprint density at radius 1 is 1.50 bits per heavy atom. The molecule has 0 atom stereocenters. The number of carbonyl (C=O) groups is 1. The maximum Gasteiger partial charge on any atom is 0.272 e. The van der Waals surface area contributed by atoms with Gasteiger partial charge in [0.15, 0.2) is 0 Å². The van der Waals surface area contributed by atoms with Crippen LogP contribution in [0.5, 0.6) is 0 Å². The van der Waals surface area contributed by atoms with Crippen LogP contribution in [0.25, 0.3) is 0 Å². The third-order valence-electron chi connectivity index (χ3n) is 2.49. The van der Waals surface area contributed by atoms with Crippen LogP contribution in [0, 0.1) is 0 Å². The summed E-state index contributed by atoms with van der Waals surface area (Å²) in [6, 6.07) is 2.74. The molecule has 2 aromatic heterocycles. The summed E-state index contributed by atoms with van der Waals surface area (Å²) in [6.07, 6.45) is 2.02. The first kappa shape index (κ1) is 14.7. The molecule has 0 aromatic carbocycles. The third kappa shape index (κ3) is 3.67. The minimum atomic E-state index is -0.319. The van der Waals surface area contributed by atoms with Crippen LogP contribution in [0.15, 0.2) is 22.3 Å². The number of aryl methyl sites for hydroxylation is 1. The molecule has 0 radical (unpaired) electrons. The van der Waals surface area contributed by atoms with Crippen molar-refractivity contribution in [2.75, 3.05) is 6.26 Å². The van der Waals surface area contributed by atoms with Crippen LogP contribution < -0.4 is 10.9 Å². The van der Waals surface area contributed by atoms with E-state index < -0.39 is 0 Å². The molecular formula is C12H14N4O2S2. The molecule has 2 aromatic rings. The summed E-state index contributed by atoms with van der Waals surface area (Å²) in [5.74, 6) is 0.557. The summed E-state index contributed by atoms with van der Waals surface area (Å²) in [6.45, 7) is 0.355. The van der Waals surface area contributed by atoms with E-state index in [1.807, 2.05) is 11.6 Å². The Balaban J connectivity index is 1.97. The number of hydrogen-bond acceptors (Lipinski definition) is 6. The fraction of sp³-hybridized carbons (Fsp3) is 0.333. The van der Waals surface area contributed by atoms with Crippen molar-refractivity contribution in [1.82, 2.24) is 20.1 Å². The van der Waals surface area contributed by atoms with Crippen LogP contribution in [0.2, 0.25) is 0 Å². The lowest BCUT2D eigenvalue weighted by Gasteiger charge is -2.03. The Kier molecular flexibility index (Phi) is 4.91. The number of thiazole rings is 1. The standard InChI is InChI=1S/C12H14N4O2S2/c1-16-11(17)4-3-9(15-16)12(18)13-5-8-6-20-10(14-8)7-19-2/h3-4,6H,5,7H2,1-2H3,(H,13,18). The molecule has 106 valence electrons. The quantitative estimate of drug-likeness (QED) is 0.892. The summed E-state index contributed by atoms with van der Waals surface area (Å²) >= 11 is 3.29. The highest BCUT2D eigenvalue weighted by atomic mass is 32.2. The molecule has 20 heavy (non-hydrogen) atoms. The van der Waals surface area contributed by atoms with Crippen molar-refractivity contribution < 1.29 is 4.79 Å². The van der Waals surface area contributed by atoms with Crippen LogP contribution in [0.1, 0.15) is 21.2 Å². The Morgan fingerprint density at radius 3 is 3.00 bits per heavy atom. The summed E-state index contributed by atoms with van der Waals surface area (Å²) in [7, 11) is 1.51. The third-order valence-corrected chi connectivity index (χ3v) is 4.13. The highest BCUT2D eigenvalue weighted by Crippen LogP contribution is 2.14. The highest BCUT2D eigenvalue weighted by Gasteiger charge is 2.09. The molecule has 2 rings (SSSR count). The van der Waals surface area contributed by atoms with Gasteiger partial charge in [-0.3, -0.25) is 9.59 Å². The van der Waals surface area contributed by atoms with Gasteiger partial charge < -0.3 is 5.32 Å². The Hall–Kier alpha value is -1.67. The van der Waals surface area contributed by atoms with E-state index >= 15 is 0 Å². The normalized spacial score (nSPS) is 10.5. The number of hydrogen-bond donors (Lipinski definition) is 1.